The van der Waals surface area contributed by atoms with E-state index in [1.165, 1.54) is 0 Å². The Kier molecular flexibility index (Phi) is 5.53. The number of hydrogen-bond acceptors (Lipinski definition) is 3. The molecule has 0 saturated heterocycles. The van der Waals surface area contributed by atoms with Crippen molar-refractivity contribution in [2.24, 2.45) is 0 Å². The van der Waals surface area contributed by atoms with Crippen LogP contribution in [0.4, 0.5) is 0 Å². The van der Waals surface area contributed by atoms with Crippen LogP contribution in [-0.2, 0) is 17.9 Å². The Morgan fingerprint density at radius 2 is 1.65 bits per heavy atom. The summed E-state index contributed by atoms with van der Waals surface area (Å²) in [7, 11) is 0. The summed E-state index contributed by atoms with van der Waals surface area (Å²) in [6.07, 6.45) is -0.566. The molecule has 26 heavy (non-hydrogen) atoms. The summed E-state index contributed by atoms with van der Waals surface area (Å²) < 4.78 is 3.33. The van der Waals surface area contributed by atoms with Crippen molar-refractivity contribution in [3.8, 4) is 0 Å². The van der Waals surface area contributed by atoms with Gasteiger partial charge in [-0.25, -0.2) is 4.79 Å². The highest BCUT2D eigenvalue weighted by Gasteiger charge is 2.13. The van der Waals surface area contributed by atoms with E-state index in [0.29, 0.717) is 13.1 Å². The molecule has 6 nitrogen and oxygen atoms in total. The highest BCUT2D eigenvalue weighted by atomic mass is 16.3. The van der Waals surface area contributed by atoms with Crippen LogP contribution >= 0.6 is 0 Å². The zero-order valence-electron chi connectivity index (χ0n) is 14.8. The van der Waals surface area contributed by atoms with Gasteiger partial charge >= 0.3 is 5.69 Å². The molecule has 6 heteroatoms. The molecule has 3 aromatic rings. The van der Waals surface area contributed by atoms with Crippen molar-refractivity contribution in [1.82, 2.24) is 14.5 Å². The Morgan fingerprint density at radius 3 is 2.31 bits per heavy atom. The zero-order chi connectivity index (χ0) is 18.5. The highest BCUT2D eigenvalue weighted by Crippen LogP contribution is 2.13. The van der Waals surface area contributed by atoms with Crippen LogP contribution in [0, 0.1) is 0 Å². The van der Waals surface area contributed by atoms with E-state index in [1.54, 1.807) is 9.13 Å². The number of hydrogen-bond donors (Lipinski definition) is 2. The summed E-state index contributed by atoms with van der Waals surface area (Å²) in [6, 6.07) is 16.8. The Balaban J connectivity index is 1.63. The first-order chi connectivity index (χ1) is 12.6. The number of carbonyl (C=O) groups is 1. The Bertz CT molecular complexity index is 944. The number of nitrogens with zero attached hydrogens (tertiary/aromatic N) is 2. The molecule has 1 amide bonds. The van der Waals surface area contributed by atoms with Gasteiger partial charge in [0.25, 0.3) is 0 Å². The molecule has 1 heterocycles. The fourth-order valence-corrected chi connectivity index (χ4v) is 3.10. The third-order valence-electron chi connectivity index (χ3n) is 4.48. The van der Waals surface area contributed by atoms with Crippen LogP contribution < -0.4 is 11.0 Å². The van der Waals surface area contributed by atoms with Crippen molar-refractivity contribution in [2.45, 2.75) is 32.5 Å². The first-order valence-electron chi connectivity index (χ1n) is 8.79. The van der Waals surface area contributed by atoms with Crippen molar-refractivity contribution in [3.05, 3.63) is 70.6 Å². The second kappa shape index (κ2) is 8.01. The van der Waals surface area contributed by atoms with E-state index in [0.717, 1.165) is 16.6 Å². The monoisotopic (exact) mass is 353 g/mol. The van der Waals surface area contributed by atoms with Gasteiger partial charge in [0.05, 0.1) is 17.1 Å². The second-order valence-corrected chi connectivity index (χ2v) is 6.15. The SMILES string of the molecule is CCn1c(=O)n(CCC(=O)NCC(O)c2ccccc2)c2ccccc21. The van der Waals surface area contributed by atoms with Gasteiger partial charge in [-0.15, -0.1) is 0 Å². The van der Waals surface area contributed by atoms with Crippen LogP contribution in [0.25, 0.3) is 11.0 Å². The molecule has 2 N–H and O–H groups in total. The number of imidazole rings is 1. The van der Waals surface area contributed by atoms with E-state index in [1.807, 2.05) is 61.5 Å². The van der Waals surface area contributed by atoms with E-state index in [2.05, 4.69) is 5.32 Å². The van der Waals surface area contributed by atoms with Crippen LogP contribution in [0.2, 0.25) is 0 Å². The maximum Gasteiger partial charge on any atom is 0.329 e. The van der Waals surface area contributed by atoms with Crippen molar-refractivity contribution in [3.63, 3.8) is 0 Å². The normalized spacial score (nSPS) is 12.2. The quantitative estimate of drug-likeness (QED) is 0.683. The van der Waals surface area contributed by atoms with Crippen LogP contribution in [0.5, 0.6) is 0 Å². The molecular weight excluding hydrogens is 330 g/mol. The molecule has 136 valence electrons. The number of aromatic nitrogens is 2. The summed E-state index contributed by atoms with van der Waals surface area (Å²) in [4.78, 5) is 24.7. The number of nitrogens with one attached hydrogen (secondary N) is 1. The van der Waals surface area contributed by atoms with E-state index in [-0.39, 0.29) is 24.6 Å². The van der Waals surface area contributed by atoms with Gasteiger partial charge < -0.3 is 10.4 Å². The molecule has 1 atom stereocenters. The lowest BCUT2D eigenvalue weighted by molar-refractivity contribution is -0.121. The molecule has 3 rings (SSSR count). The summed E-state index contributed by atoms with van der Waals surface area (Å²) in [6.45, 7) is 2.96. The van der Waals surface area contributed by atoms with E-state index in [4.69, 9.17) is 0 Å². The Hall–Kier alpha value is -2.86. The first-order valence-corrected chi connectivity index (χ1v) is 8.79. The van der Waals surface area contributed by atoms with Gasteiger partial charge in [-0.05, 0) is 24.6 Å². The van der Waals surface area contributed by atoms with Crippen LogP contribution in [0.15, 0.2) is 59.4 Å². The lowest BCUT2D eigenvalue weighted by atomic mass is 10.1. The Labute approximate surface area is 151 Å². The number of aryl methyl sites for hydroxylation is 2. The number of carbonyl (C=O) groups excluding carboxylic acids is 1. The van der Waals surface area contributed by atoms with E-state index in [9.17, 15) is 14.7 Å². The summed E-state index contributed by atoms with van der Waals surface area (Å²) in [5.74, 6) is -0.194. The fourth-order valence-electron chi connectivity index (χ4n) is 3.10. The number of benzene rings is 2. The predicted octanol–water partition coefficient (Wildman–Crippen LogP) is 2.06. The standard InChI is InChI=1S/C20H23N3O3/c1-2-22-16-10-6-7-11-17(16)23(20(22)26)13-12-19(25)21-14-18(24)15-8-4-3-5-9-15/h3-11,18,24H,2,12-14H2,1H3,(H,21,25). The van der Waals surface area contributed by atoms with Crippen LogP contribution in [0.1, 0.15) is 25.0 Å². The number of amides is 1. The third kappa shape index (κ3) is 3.70. The zero-order valence-corrected chi connectivity index (χ0v) is 14.8. The smallest absolute Gasteiger partial charge is 0.329 e. The fraction of sp³-hybridized carbons (Fsp3) is 0.300. The molecule has 0 radical (unpaired) electrons. The third-order valence-corrected chi connectivity index (χ3v) is 4.48. The second-order valence-electron chi connectivity index (χ2n) is 6.15. The number of para-hydroxylation sites is 2. The minimum atomic E-state index is -0.745. The van der Waals surface area contributed by atoms with E-state index < -0.39 is 6.10 Å². The molecule has 0 aliphatic heterocycles. The van der Waals surface area contributed by atoms with Gasteiger partial charge in [-0.3, -0.25) is 13.9 Å². The molecule has 0 aliphatic rings. The maximum absolute atomic E-state index is 12.5. The van der Waals surface area contributed by atoms with Gasteiger partial charge in [0.15, 0.2) is 0 Å². The van der Waals surface area contributed by atoms with E-state index >= 15 is 0 Å². The van der Waals surface area contributed by atoms with Gasteiger partial charge in [0.1, 0.15) is 0 Å². The average Bonchev–Trinajstić information content (AvgIpc) is 2.95. The summed E-state index contributed by atoms with van der Waals surface area (Å²) >= 11 is 0. The number of rotatable bonds is 7. The minimum Gasteiger partial charge on any atom is -0.387 e. The summed E-state index contributed by atoms with van der Waals surface area (Å²) in [5.41, 5.74) is 2.36. The van der Waals surface area contributed by atoms with Crippen molar-refractivity contribution >= 4 is 16.9 Å². The average molecular weight is 353 g/mol. The molecule has 0 saturated carbocycles. The summed E-state index contributed by atoms with van der Waals surface area (Å²) in [5, 5.41) is 12.8. The van der Waals surface area contributed by atoms with Crippen molar-refractivity contribution in [1.29, 1.82) is 0 Å². The molecule has 0 spiro atoms. The molecule has 2 aromatic carbocycles. The first kappa shape index (κ1) is 17.9. The molecule has 1 unspecified atom stereocenters. The van der Waals surface area contributed by atoms with Gasteiger partial charge in [-0.1, -0.05) is 42.5 Å². The topological polar surface area (TPSA) is 76.3 Å². The van der Waals surface area contributed by atoms with Crippen LogP contribution in [0.3, 0.4) is 0 Å². The highest BCUT2D eigenvalue weighted by molar-refractivity contribution is 5.78. The lowest BCUT2D eigenvalue weighted by Crippen LogP contribution is -2.31. The van der Waals surface area contributed by atoms with Gasteiger partial charge in [-0.2, -0.15) is 0 Å². The van der Waals surface area contributed by atoms with Crippen LogP contribution in [-0.4, -0.2) is 26.7 Å². The lowest BCUT2D eigenvalue weighted by Gasteiger charge is -2.12. The van der Waals surface area contributed by atoms with Crippen molar-refractivity contribution < 1.29 is 9.90 Å². The number of aliphatic hydroxyl groups excluding tert-OH is 1. The molecule has 1 aromatic heterocycles. The maximum atomic E-state index is 12.5. The molecule has 0 fully saturated rings. The predicted molar refractivity (Wildman–Crippen MR) is 101 cm³/mol. The number of fused-ring (bicyclic) bond motifs is 1. The molecular formula is C20H23N3O3. The Morgan fingerprint density at radius 1 is 1.04 bits per heavy atom. The van der Waals surface area contributed by atoms with Gasteiger partial charge in [0, 0.05) is 26.1 Å². The van der Waals surface area contributed by atoms with Gasteiger partial charge in [0.2, 0.25) is 5.91 Å². The number of aliphatic hydroxyl groups is 1. The molecule has 0 aliphatic carbocycles. The molecule has 0 bridgehead atoms. The van der Waals surface area contributed by atoms with Crippen molar-refractivity contribution in [2.75, 3.05) is 6.54 Å². The minimum absolute atomic E-state index is 0.106. The largest absolute Gasteiger partial charge is 0.387 e.